The van der Waals surface area contributed by atoms with Gasteiger partial charge < -0.3 is 15.4 Å². The number of hydrogen-bond donors (Lipinski definition) is 1. The van der Waals surface area contributed by atoms with Gasteiger partial charge in [-0.3, -0.25) is 9.69 Å². The van der Waals surface area contributed by atoms with Crippen LogP contribution in [-0.4, -0.2) is 67.2 Å². The van der Waals surface area contributed by atoms with E-state index in [1.165, 1.54) is 6.42 Å². The Morgan fingerprint density at radius 1 is 1.25 bits per heavy atom. The van der Waals surface area contributed by atoms with Gasteiger partial charge in [-0.15, -0.1) is 0 Å². The number of nitrogens with zero attached hydrogens (tertiary/aromatic N) is 2. The summed E-state index contributed by atoms with van der Waals surface area (Å²) < 4.78 is 5.70. The molecular weight excluding hydrogens is 254 g/mol. The number of hydrogen-bond acceptors (Lipinski definition) is 4. The quantitative estimate of drug-likeness (QED) is 0.806. The first-order valence-corrected chi connectivity index (χ1v) is 7.96. The predicted octanol–water partition coefficient (Wildman–Crippen LogP) is 0.683. The smallest absolute Gasteiger partial charge is 0.251 e. The van der Waals surface area contributed by atoms with Gasteiger partial charge in [0.1, 0.15) is 6.10 Å². The van der Waals surface area contributed by atoms with Crippen LogP contribution in [0.3, 0.4) is 0 Å². The molecule has 2 aliphatic heterocycles. The molecule has 0 bridgehead atoms. The van der Waals surface area contributed by atoms with Crippen molar-refractivity contribution < 1.29 is 9.53 Å². The van der Waals surface area contributed by atoms with Crippen molar-refractivity contribution in [3.63, 3.8) is 0 Å². The first-order valence-electron chi connectivity index (χ1n) is 7.96. The highest BCUT2D eigenvalue weighted by atomic mass is 16.5. The largest absolute Gasteiger partial charge is 0.364 e. The maximum atomic E-state index is 12.4. The second kappa shape index (κ2) is 7.38. The van der Waals surface area contributed by atoms with Crippen molar-refractivity contribution in [3.8, 4) is 0 Å². The molecule has 2 aliphatic rings. The minimum Gasteiger partial charge on any atom is -0.364 e. The Labute approximate surface area is 122 Å². The van der Waals surface area contributed by atoms with E-state index in [2.05, 4.69) is 18.7 Å². The molecule has 5 heteroatoms. The molecule has 2 N–H and O–H groups in total. The van der Waals surface area contributed by atoms with Crippen LogP contribution < -0.4 is 5.73 Å². The summed E-state index contributed by atoms with van der Waals surface area (Å²) in [4.78, 5) is 16.8. The first kappa shape index (κ1) is 15.7. The third-order valence-electron chi connectivity index (χ3n) is 4.35. The Morgan fingerprint density at radius 3 is 2.50 bits per heavy atom. The summed E-state index contributed by atoms with van der Waals surface area (Å²) in [5.74, 6) is 0.916. The van der Waals surface area contributed by atoms with Crippen LogP contribution in [-0.2, 0) is 9.53 Å². The van der Waals surface area contributed by atoms with Gasteiger partial charge in [0.05, 0.1) is 6.10 Å². The average molecular weight is 283 g/mol. The minimum absolute atomic E-state index is 0.0799. The lowest BCUT2D eigenvalue weighted by molar-refractivity contribution is -0.144. The van der Waals surface area contributed by atoms with Crippen LogP contribution in [0.1, 0.15) is 33.1 Å². The van der Waals surface area contributed by atoms with Crippen LogP contribution in [0.2, 0.25) is 0 Å². The van der Waals surface area contributed by atoms with E-state index in [1.54, 1.807) is 0 Å². The second-order valence-corrected chi connectivity index (χ2v) is 6.41. The van der Waals surface area contributed by atoms with Crippen LogP contribution >= 0.6 is 0 Å². The maximum Gasteiger partial charge on any atom is 0.251 e. The lowest BCUT2D eigenvalue weighted by atomic mass is 10.1. The van der Waals surface area contributed by atoms with Gasteiger partial charge in [-0.05, 0) is 31.7 Å². The Balaban J connectivity index is 1.72. The van der Waals surface area contributed by atoms with E-state index in [9.17, 15) is 4.79 Å². The van der Waals surface area contributed by atoms with E-state index >= 15 is 0 Å². The van der Waals surface area contributed by atoms with Crippen LogP contribution in [0.5, 0.6) is 0 Å². The average Bonchev–Trinajstić information content (AvgIpc) is 2.94. The Hall–Kier alpha value is -0.650. The Morgan fingerprint density at radius 2 is 1.95 bits per heavy atom. The summed E-state index contributed by atoms with van der Waals surface area (Å²) in [7, 11) is 0. The van der Waals surface area contributed by atoms with Gasteiger partial charge in [0.2, 0.25) is 0 Å². The van der Waals surface area contributed by atoms with Gasteiger partial charge in [-0.25, -0.2) is 0 Å². The van der Waals surface area contributed by atoms with E-state index in [1.807, 2.05) is 4.90 Å². The zero-order valence-corrected chi connectivity index (χ0v) is 12.9. The first-order chi connectivity index (χ1) is 9.60. The fourth-order valence-electron chi connectivity index (χ4n) is 2.90. The molecule has 2 unspecified atom stereocenters. The van der Waals surface area contributed by atoms with E-state index < -0.39 is 0 Å². The molecular formula is C15H29N3O2. The molecule has 5 nitrogen and oxygen atoms in total. The van der Waals surface area contributed by atoms with Gasteiger partial charge in [0.25, 0.3) is 5.91 Å². The normalized spacial score (nSPS) is 28.3. The fourth-order valence-corrected chi connectivity index (χ4v) is 2.90. The van der Waals surface area contributed by atoms with Crippen molar-refractivity contribution in [2.75, 3.05) is 39.3 Å². The van der Waals surface area contributed by atoms with Gasteiger partial charge in [0.15, 0.2) is 0 Å². The summed E-state index contributed by atoms with van der Waals surface area (Å²) in [6.07, 6.45) is 2.81. The molecule has 0 aromatic heterocycles. The summed E-state index contributed by atoms with van der Waals surface area (Å²) in [5, 5.41) is 0. The molecule has 2 rings (SSSR count). The zero-order chi connectivity index (χ0) is 14.5. The summed E-state index contributed by atoms with van der Waals surface area (Å²) in [6, 6.07) is 0. The standard InChI is InChI=1S/C15H29N3O2/c1-12(2)5-6-17-7-9-18(10-8-17)15(19)14-4-3-13(11-16)20-14/h12-14H,3-11,16H2,1-2H3. The van der Waals surface area contributed by atoms with Crippen LogP contribution in [0.4, 0.5) is 0 Å². The third kappa shape index (κ3) is 4.17. The number of amides is 1. The number of rotatable bonds is 5. The number of nitrogens with two attached hydrogens (primary N) is 1. The monoisotopic (exact) mass is 283 g/mol. The lowest BCUT2D eigenvalue weighted by Gasteiger charge is -2.36. The van der Waals surface area contributed by atoms with Crippen molar-refractivity contribution in [1.82, 2.24) is 9.80 Å². The van der Waals surface area contributed by atoms with Crippen molar-refractivity contribution in [1.29, 1.82) is 0 Å². The van der Waals surface area contributed by atoms with Crippen LogP contribution in [0.15, 0.2) is 0 Å². The van der Waals surface area contributed by atoms with Crippen molar-refractivity contribution in [3.05, 3.63) is 0 Å². The van der Waals surface area contributed by atoms with Crippen LogP contribution in [0, 0.1) is 5.92 Å². The summed E-state index contributed by atoms with van der Waals surface area (Å²) in [6.45, 7) is 9.84. The molecule has 2 atom stereocenters. The topological polar surface area (TPSA) is 58.8 Å². The van der Waals surface area contributed by atoms with Gasteiger partial charge in [-0.2, -0.15) is 0 Å². The van der Waals surface area contributed by atoms with Crippen LogP contribution in [0.25, 0.3) is 0 Å². The molecule has 0 aromatic carbocycles. The highest BCUT2D eigenvalue weighted by Gasteiger charge is 2.33. The molecule has 2 heterocycles. The van der Waals surface area contributed by atoms with E-state index in [-0.39, 0.29) is 18.1 Å². The fraction of sp³-hybridized carbons (Fsp3) is 0.933. The molecule has 0 aromatic rings. The number of piperazine rings is 1. The molecule has 20 heavy (non-hydrogen) atoms. The Kier molecular flexibility index (Phi) is 5.81. The van der Waals surface area contributed by atoms with Gasteiger partial charge in [0, 0.05) is 32.7 Å². The molecule has 0 radical (unpaired) electrons. The Bertz CT molecular complexity index is 314. The van der Waals surface area contributed by atoms with E-state index in [0.717, 1.165) is 51.5 Å². The predicted molar refractivity (Wildman–Crippen MR) is 79.4 cm³/mol. The molecule has 0 aliphatic carbocycles. The van der Waals surface area contributed by atoms with Crippen molar-refractivity contribution in [2.45, 2.75) is 45.3 Å². The number of carbonyl (C=O) groups is 1. The lowest BCUT2D eigenvalue weighted by Crippen LogP contribution is -2.51. The number of carbonyl (C=O) groups excluding carboxylic acids is 1. The third-order valence-corrected chi connectivity index (χ3v) is 4.35. The minimum atomic E-state index is -0.245. The second-order valence-electron chi connectivity index (χ2n) is 6.41. The van der Waals surface area contributed by atoms with E-state index in [4.69, 9.17) is 10.5 Å². The number of ether oxygens (including phenoxy) is 1. The molecule has 2 saturated heterocycles. The molecule has 1 amide bonds. The van der Waals surface area contributed by atoms with Gasteiger partial charge >= 0.3 is 0 Å². The summed E-state index contributed by atoms with van der Waals surface area (Å²) in [5.41, 5.74) is 5.59. The van der Waals surface area contributed by atoms with Crippen molar-refractivity contribution >= 4 is 5.91 Å². The zero-order valence-electron chi connectivity index (χ0n) is 12.9. The van der Waals surface area contributed by atoms with E-state index in [0.29, 0.717) is 6.54 Å². The highest BCUT2D eigenvalue weighted by molar-refractivity contribution is 5.81. The molecule has 2 fully saturated rings. The summed E-state index contributed by atoms with van der Waals surface area (Å²) >= 11 is 0. The van der Waals surface area contributed by atoms with Gasteiger partial charge in [-0.1, -0.05) is 13.8 Å². The SMILES string of the molecule is CC(C)CCN1CCN(C(=O)C2CCC(CN)O2)CC1. The van der Waals surface area contributed by atoms with Crippen molar-refractivity contribution in [2.24, 2.45) is 11.7 Å². The molecule has 0 saturated carbocycles. The molecule has 116 valence electrons. The highest BCUT2D eigenvalue weighted by Crippen LogP contribution is 2.21. The molecule has 0 spiro atoms. The maximum absolute atomic E-state index is 12.4.